The standard InChI is InChI=1S/C7H12O5/c1-2-11-7(8)12-6-3-9-5-10-4-6/h6H,2-5H2,1H3. The van der Waals surface area contributed by atoms with Crippen molar-refractivity contribution in [3.63, 3.8) is 0 Å². The summed E-state index contributed by atoms with van der Waals surface area (Å²) in [5.41, 5.74) is 0. The van der Waals surface area contributed by atoms with Crippen molar-refractivity contribution in [1.82, 2.24) is 0 Å². The summed E-state index contributed by atoms with van der Waals surface area (Å²) in [4.78, 5) is 10.8. The second kappa shape index (κ2) is 4.95. The second-order valence-electron chi connectivity index (χ2n) is 2.28. The molecule has 1 fully saturated rings. The number of carbonyl (C=O) groups excluding carboxylic acids is 1. The van der Waals surface area contributed by atoms with Gasteiger partial charge >= 0.3 is 6.16 Å². The SMILES string of the molecule is CCOC(=O)OC1COCOC1. The first kappa shape index (κ1) is 9.28. The van der Waals surface area contributed by atoms with Crippen molar-refractivity contribution in [3.8, 4) is 0 Å². The Balaban J connectivity index is 2.15. The van der Waals surface area contributed by atoms with Gasteiger partial charge in [0.05, 0.1) is 19.8 Å². The monoisotopic (exact) mass is 176 g/mol. The summed E-state index contributed by atoms with van der Waals surface area (Å²) in [5, 5.41) is 0. The summed E-state index contributed by atoms with van der Waals surface area (Å²) in [6, 6.07) is 0. The van der Waals surface area contributed by atoms with Crippen molar-refractivity contribution in [2.45, 2.75) is 13.0 Å². The molecular weight excluding hydrogens is 164 g/mol. The molecule has 5 nitrogen and oxygen atoms in total. The molecule has 1 aliphatic heterocycles. The van der Waals surface area contributed by atoms with Gasteiger partial charge in [-0.05, 0) is 6.92 Å². The largest absolute Gasteiger partial charge is 0.508 e. The molecule has 0 aromatic heterocycles. The van der Waals surface area contributed by atoms with Gasteiger partial charge in [-0.15, -0.1) is 0 Å². The van der Waals surface area contributed by atoms with Gasteiger partial charge in [0.2, 0.25) is 0 Å². The smallest absolute Gasteiger partial charge is 0.435 e. The summed E-state index contributed by atoms with van der Waals surface area (Å²) in [6.07, 6.45) is -1.01. The molecule has 0 N–H and O–H groups in total. The van der Waals surface area contributed by atoms with Crippen molar-refractivity contribution in [2.24, 2.45) is 0 Å². The predicted molar refractivity (Wildman–Crippen MR) is 38.7 cm³/mol. The van der Waals surface area contributed by atoms with E-state index in [-0.39, 0.29) is 12.9 Å². The first-order valence-corrected chi connectivity index (χ1v) is 3.82. The zero-order valence-electron chi connectivity index (χ0n) is 6.95. The molecule has 0 unspecified atom stereocenters. The number of carbonyl (C=O) groups is 1. The molecule has 0 aliphatic carbocycles. The number of hydrogen-bond donors (Lipinski definition) is 0. The maximum absolute atomic E-state index is 10.8. The van der Waals surface area contributed by atoms with Gasteiger partial charge in [-0.1, -0.05) is 0 Å². The van der Waals surface area contributed by atoms with Crippen molar-refractivity contribution in [1.29, 1.82) is 0 Å². The van der Waals surface area contributed by atoms with Crippen LogP contribution in [0.1, 0.15) is 6.92 Å². The number of ether oxygens (including phenoxy) is 4. The zero-order chi connectivity index (χ0) is 8.81. The molecule has 0 radical (unpaired) electrons. The lowest BCUT2D eigenvalue weighted by Gasteiger charge is -2.21. The minimum atomic E-state index is -0.670. The van der Waals surface area contributed by atoms with E-state index in [1.165, 1.54) is 0 Å². The van der Waals surface area contributed by atoms with Crippen LogP contribution in [-0.2, 0) is 18.9 Å². The van der Waals surface area contributed by atoms with Crippen LogP contribution in [0.4, 0.5) is 4.79 Å². The van der Waals surface area contributed by atoms with Gasteiger partial charge in [-0.2, -0.15) is 0 Å². The highest BCUT2D eigenvalue weighted by Gasteiger charge is 2.18. The van der Waals surface area contributed by atoms with Gasteiger partial charge in [0.1, 0.15) is 6.79 Å². The summed E-state index contributed by atoms with van der Waals surface area (Å²) in [7, 11) is 0. The molecule has 0 amide bonds. The number of hydrogen-bond acceptors (Lipinski definition) is 5. The molecule has 0 aromatic rings. The second-order valence-corrected chi connectivity index (χ2v) is 2.28. The van der Waals surface area contributed by atoms with E-state index in [1.54, 1.807) is 6.92 Å². The van der Waals surface area contributed by atoms with E-state index < -0.39 is 6.16 Å². The van der Waals surface area contributed by atoms with E-state index in [2.05, 4.69) is 4.74 Å². The highest BCUT2D eigenvalue weighted by molar-refractivity contribution is 5.60. The number of rotatable bonds is 2. The Bertz CT molecular complexity index is 141. The molecule has 0 saturated carbocycles. The molecule has 5 heteroatoms. The first-order chi connectivity index (χ1) is 5.83. The molecule has 12 heavy (non-hydrogen) atoms. The fraction of sp³-hybridized carbons (Fsp3) is 0.857. The van der Waals surface area contributed by atoms with Crippen molar-refractivity contribution in [2.75, 3.05) is 26.6 Å². The third kappa shape index (κ3) is 3.06. The molecule has 0 atom stereocenters. The Morgan fingerprint density at radius 3 is 2.75 bits per heavy atom. The highest BCUT2D eigenvalue weighted by Crippen LogP contribution is 2.02. The van der Waals surface area contributed by atoms with E-state index in [9.17, 15) is 4.79 Å². The molecule has 1 rings (SSSR count). The van der Waals surface area contributed by atoms with Crippen LogP contribution >= 0.6 is 0 Å². The van der Waals surface area contributed by atoms with Crippen LogP contribution in [0.5, 0.6) is 0 Å². The minimum absolute atomic E-state index is 0.267. The Labute approximate surface area is 70.5 Å². The molecular formula is C7H12O5. The summed E-state index contributed by atoms with van der Waals surface area (Å²) < 4.78 is 19.2. The summed E-state index contributed by atoms with van der Waals surface area (Å²) in [5.74, 6) is 0. The van der Waals surface area contributed by atoms with E-state index in [0.717, 1.165) is 0 Å². The molecule has 0 bridgehead atoms. The predicted octanol–water partition coefficient (Wildman–Crippen LogP) is 0.532. The van der Waals surface area contributed by atoms with E-state index in [0.29, 0.717) is 19.8 Å². The lowest BCUT2D eigenvalue weighted by Crippen LogP contribution is -2.33. The molecule has 1 saturated heterocycles. The van der Waals surface area contributed by atoms with E-state index >= 15 is 0 Å². The van der Waals surface area contributed by atoms with Gasteiger partial charge in [-0.25, -0.2) is 4.79 Å². The topological polar surface area (TPSA) is 54.0 Å². The molecule has 70 valence electrons. The maximum atomic E-state index is 10.8. The Morgan fingerprint density at radius 2 is 2.17 bits per heavy atom. The van der Waals surface area contributed by atoms with Gasteiger partial charge in [-0.3, -0.25) is 0 Å². The van der Waals surface area contributed by atoms with Crippen LogP contribution < -0.4 is 0 Å². The van der Waals surface area contributed by atoms with E-state index in [1.807, 2.05) is 0 Å². The zero-order valence-corrected chi connectivity index (χ0v) is 6.95. The normalized spacial score (nSPS) is 18.8. The van der Waals surface area contributed by atoms with Crippen molar-refractivity contribution < 1.29 is 23.7 Å². The Kier molecular flexibility index (Phi) is 3.83. The fourth-order valence-corrected chi connectivity index (χ4v) is 0.822. The van der Waals surface area contributed by atoms with Crippen molar-refractivity contribution in [3.05, 3.63) is 0 Å². The van der Waals surface area contributed by atoms with Crippen molar-refractivity contribution >= 4 is 6.16 Å². The third-order valence-corrected chi connectivity index (χ3v) is 1.30. The van der Waals surface area contributed by atoms with Crippen LogP contribution in [0.15, 0.2) is 0 Å². The lowest BCUT2D eigenvalue weighted by atomic mass is 10.4. The maximum Gasteiger partial charge on any atom is 0.508 e. The third-order valence-electron chi connectivity index (χ3n) is 1.30. The summed E-state index contributed by atoms with van der Waals surface area (Å²) >= 11 is 0. The fourth-order valence-electron chi connectivity index (χ4n) is 0.822. The summed E-state index contributed by atoms with van der Waals surface area (Å²) in [6.45, 7) is 3.04. The van der Waals surface area contributed by atoms with Gasteiger partial charge in [0.25, 0.3) is 0 Å². The average molecular weight is 176 g/mol. The lowest BCUT2D eigenvalue weighted by molar-refractivity contribution is -0.157. The van der Waals surface area contributed by atoms with Gasteiger partial charge < -0.3 is 18.9 Å². The highest BCUT2D eigenvalue weighted by atomic mass is 16.8. The molecule has 1 aliphatic rings. The van der Waals surface area contributed by atoms with Crippen LogP contribution in [0.2, 0.25) is 0 Å². The molecule has 1 heterocycles. The average Bonchev–Trinajstić information content (AvgIpc) is 2.06. The van der Waals surface area contributed by atoms with Gasteiger partial charge in [0.15, 0.2) is 6.10 Å². The van der Waals surface area contributed by atoms with Crippen LogP contribution in [-0.4, -0.2) is 38.9 Å². The quantitative estimate of drug-likeness (QED) is 0.574. The van der Waals surface area contributed by atoms with E-state index in [4.69, 9.17) is 14.2 Å². The molecule has 0 aromatic carbocycles. The first-order valence-electron chi connectivity index (χ1n) is 3.82. The van der Waals surface area contributed by atoms with Crippen LogP contribution in [0.25, 0.3) is 0 Å². The van der Waals surface area contributed by atoms with Gasteiger partial charge in [0, 0.05) is 0 Å². The Morgan fingerprint density at radius 1 is 1.50 bits per heavy atom. The van der Waals surface area contributed by atoms with Crippen LogP contribution in [0, 0.1) is 0 Å². The molecule has 0 spiro atoms. The van der Waals surface area contributed by atoms with Crippen LogP contribution in [0.3, 0.4) is 0 Å². The Hall–Kier alpha value is -0.810. The minimum Gasteiger partial charge on any atom is -0.435 e.